The molecule has 2 aromatic carbocycles. The van der Waals surface area contributed by atoms with Crippen LogP contribution in [-0.2, 0) is 6.54 Å². The zero-order chi connectivity index (χ0) is 17.8. The Kier molecular flexibility index (Phi) is 5.24. The molecule has 2 aromatic rings. The van der Waals surface area contributed by atoms with E-state index in [9.17, 15) is 10.2 Å². The number of nitrogens with zero attached hydrogens (tertiary/aromatic N) is 3. The Bertz CT molecular complexity index is 766. The van der Waals surface area contributed by atoms with Gasteiger partial charge in [-0.1, -0.05) is 23.8 Å². The van der Waals surface area contributed by atoms with Crippen LogP contribution in [0.15, 0.2) is 41.5 Å². The third-order valence-electron chi connectivity index (χ3n) is 4.61. The lowest BCUT2D eigenvalue weighted by atomic mass is 10.1. The topological polar surface area (TPSA) is 59.3 Å². The van der Waals surface area contributed by atoms with E-state index in [1.807, 2.05) is 5.01 Å². The van der Waals surface area contributed by atoms with Crippen LogP contribution in [0.1, 0.15) is 22.3 Å². The van der Waals surface area contributed by atoms with Crippen molar-refractivity contribution in [3.05, 3.63) is 58.7 Å². The smallest absolute Gasteiger partial charge is 0.128 e. The quantitative estimate of drug-likeness (QED) is 0.841. The monoisotopic (exact) mass is 339 g/mol. The fourth-order valence-electron chi connectivity index (χ4n) is 3.06. The van der Waals surface area contributed by atoms with Crippen molar-refractivity contribution in [3.8, 4) is 11.5 Å². The zero-order valence-electron chi connectivity index (χ0n) is 14.8. The standard InChI is InChI=1S/C20H25N3O2/c1-15-3-4-18(16(2)11-15)14-22-7-9-23(10-8-22)21-13-17-5-6-19(24)12-20(17)25/h3-6,11-13,24-25H,7-10,14H2,1-2H3/b21-13+. The summed E-state index contributed by atoms with van der Waals surface area (Å²) >= 11 is 0. The number of phenols is 2. The number of aryl methyl sites for hydroxylation is 2. The molecule has 1 heterocycles. The number of hydrazone groups is 1. The first-order chi connectivity index (χ1) is 12.0. The fraction of sp³-hybridized carbons (Fsp3) is 0.350. The average molecular weight is 339 g/mol. The molecule has 1 aliphatic rings. The summed E-state index contributed by atoms with van der Waals surface area (Å²) in [6.07, 6.45) is 1.65. The lowest BCUT2D eigenvalue weighted by Crippen LogP contribution is -2.43. The van der Waals surface area contributed by atoms with Crippen LogP contribution < -0.4 is 0 Å². The molecule has 0 unspecified atom stereocenters. The molecule has 2 N–H and O–H groups in total. The van der Waals surface area contributed by atoms with Crippen molar-refractivity contribution in [2.75, 3.05) is 26.2 Å². The number of piperazine rings is 1. The Labute approximate surface area is 148 Å². The molecular formula is C20H25N3O2. The lowest BCUT2D eigenvalue weighted by Gasteiger charge is -2.33. The first-order valence-corrected chi connectivity index (χ1v) is 8.60. The SMILES string of the molecule is Cc1ccc(CN2CCN(/N=C/c3ccc(O)cc3O)CC2)c(C)c1. The van der Waals surface area contributed by atoms with Crippen LogP contribution in [0.3, 0.4) is 0 Å². The van der Waals surface area contributed by atoms with Gasteiger partial charge in [0.15, 0.2) is 0 Å². The van der Waals surface area contributed by atoms with E-state index in [0.717, 1.165) is 32.7 Å². The van der Waals surface area contributed by atoms with Gasteiger partial charge in [0.05, 0.1) is 6.21 Å². The van der Waals surface area contributed by atoms with Gasteiger partial charge in [-0.15, -0.1) is 0 Å². The maximum Gasteiger partial charge on any atom is 0.128 e. The van der Waals surface area contributed by atoms with Crippen LogP contribution in [0.5, 0.6) is 11.5 Å². The Morgan fingerprint density at radius 1 is 1.00 bits per heavy atom. The number of aromatic hydroxyl groups is 2. The Morgan fingerprint density at radius 2 is 1.76 bits per heavy atom. The number of hydrogen-bond acceptors (Lipinski definition) is 5. The molecule has 5 heteroatoms. The molecule has 1 fully saturated rings. The molecule has 0 amide bonds. The van der Waals surface area contributed by atoms with Crippen LogP contribution in [-0.4, -0.2) is 52.5 Å². The van der Waals surface area contributed by atoms with Gasteiger partial charge in [0.1, 0.15) is 11.5 Å². The summed E-state index contributed by atoms with van der Waals surface area (Å²) < 4.78 is 0. The summed E-state index contributed by atoms with van der Waals surface area (Å²) in [5.41, 5.74) is 4.65. The average Bonchev–Trinajstić information content (AvgIpc) is 2.58. The predicted octanol–water partition coefficient (Wildman–Crippen LogP) is 2.87. The molecule has 0 atom stereocenters. The minimum absolute atomic E-state index is 0.0391. The first kappa shape index (κ1) is 17.3. The third kappa shape index (κ3) is 4.51. The number of rotatable bonds is 4. The van der Waals surface area contributed by atoms with Crippen LogP contribution in [0, 0.1) is 13.8 Å². The van der Waals surface area contributed by atoms with E-state index in [1.165, 1.54) is 22.8 Å². The molecule has 0 radical (unpaired) electrons. The second kappa shape index (κ2) is 7.57. The minimum atomic E-state index is 0.0391. The first-order valence-electron chi connectivity index (χ1n) is 8.60. The summed E-state index contributed by atoms with van der Waals surface area (Å²) in [5, 5.41) is 25.6. The maximum absolute atomic E-state index is 9.79. The van der Waals surface area contributed by atoms with Gasteiger partial charge in [0.25, 0.3) is 0 Å². The van der Waals surface area contributed by atoms with Crippen molar-refractivity contribution >= 4 is 6.21 Å². The van der Waals surface area contributed by atoms with E-state index >= 15 is 0 Å². The van der Waals surface area contributed by atoms with Gasteiger partial charge in [-0.3, -0.25) is 9.91 Å². The van der Waals surface area contributed by atoms with Crippen molar-refractivity contribution in [3.63, 3.8) is 0 Å². The molecular weight excluding hydrogens is 314 g/mol. The second-order valence-corrected chi connectivity index (χ2v) is 6.65. The van der Waals surface area contributed by atoms with Gasteiger partial charge >= 0.3 is 0 Å². The van der Waals surface area contributed by atoms with Crippen molar-refractivity contribution < 1.29 is 10.2 Å². The molecule has 0 aliphatic carbocycles. The summed E-state index contributed by atoms with van der Waals surface area (Å²) in [7, 11) is 0. The fourth-order valence-corrected chi connectivity index (χ4v) is 3.06. The van der Waals surface area contributed by atoms with Gasteiger partial charge in [-0.05, 0) is 37.1 Å². The van der Waals surface area contributed by atoms with E-state index in [4.69, 9.17) is 0 Å². The van der Waals surface area contributed by atoms with Gasteiger partial charge in [-0.25, -0.2) is 0 Å². The van der Waals surface area contributed by atoms with E-state index in [0.29, 0.717) is 5.56 Å². The summed E-state index contributed by atoms with van der Waals surface area (Å²) in [5.74, 6) is 0.0897. The highest BCUT2D eigenvalue weighted by atomic mass is 16.3. The summed E-state index contributed by atoms with van der Waals surface area (Å²) in [6.45, 7) is 8.92. The van der Waals surface area contributed by atoms with Gasteiger partial charge < -0.3 is 10.2 Å². The van der Waals surface area contributed by atoms with Crippen molar-refractivity contribution in [1.82, 2.24) is 9.91 Å². The highest BCUT2D eigenvalue weighted by molar-refractivity contribution is 5.83. The van der Waals surface area contributed by atoms with Gasteiger partial charge in [0.2, 0.25) is 0 Å². The maximum atomic E-state index is 9.79. The molecule has 0 spiro atoms. The largest absolute Gasteiger partial charge is 0.508 e. The second-order valence-electron chi connectivity index (χ2n) is 6.65. The van der Waals surface area contributed by atoms with Crippen molar-refractivity contribution in [2.45, 2.75) is 20.4 Å². The molecule has 1 aliphatic heterocycles. The van der Waals surface area contributed by atoms with Crippen LogP contribution in [0.25, 0.3) is 0 Å². The number of benzene rings is 2. The molecule has 3 rings (SSSR count). The Morgan fingerprint density at radius 3 is 2.44 bits per heavy atom. The highest BCUT2D eigenvalue weighted by Gasteiger charge is 2.16. The lowest BCUT2D eigenvalue weighted by molar-refractivity contribution is 0.131. The number of hydrogen-bond donors (Lipinski definition) is 2. The molecule has 0 saturated carbocycles. The van der Waals surface area contributed by atoms with Crippen molar-refractivity contribution in [1.29, 1.82) is 0 Å². The van der Waals surface area contributed by atoms with E-state index in [2.05, 4.69) is 42.0 Å². The summed E-state index contributed by atoms with van der Waals surface area (Å²) in [6, 6.07) is 11.2. The minimum Gasteiger partial charge on any atom is -0.508 e. The number of phenolic OH excluding ortho intramolecular Hbond substituents is 2. The molecule has 1 saturated heterocycles. The van der Waals surface area contributed by atoms with E-state index in [1.54, 1.807) is 18.3 Å². The van der Waals surface area contributed by atoms with Crippen molar-refractivity contribution in [2.24, 2.45) is 5.10 Å². The Balaban J connectivity index is 1.54. The third-order valence-corrected chi connectivity index (χ3v) is 4.61. The molecule has 0 bridgehead atoms. The molecule has 5 nitrogen and oxygen atoms in total. The molecule has 25 heavy (non-hydrogen) atoms. The van der Waals surface area contributed by atoms with E-state index in [-0.39, 0.29) is 11.5 Å². The van der Waals surface area contributed by atoms with E-state index < -0.39 is 0 Å². The Hall–Kier alpha value is -2.53. The van der Waals surface area contributed by atoms with Crippen LogP contribution >= 0.6 is 0 Å². The van der Waals surface area contributed by atoms with Crippen LogP contribution in [0.4, 0.5) is 0 Å². The summed E-state index contributed by atoms with van der Waals surface area (Å²) in [4.78, 5) is 2.45. The predicted molar refractivity (Wildman–Crippen MR) is 100 cm³/mol. The van der Waals surface area contributed by atoms with Gasteiger partial charge in [-0.2, -0.15) is 5.10 Å². The van der Waals surface area contributed by atoms with Crippen LogP contribution in [0.2, 0.25) is 0 Å². The highest BCUT2D eigenvalue weighted by Crippen LogP contribution is 2.21. The normalized spacial score (nSPS) is 15.8. The molecule has 132 valence electrons. The zero-order valence-corrected chi connectivity index (χ0v) is 14.8. The van der Waals surface area contributed by atoms with Gasteiger partial charge in [0, 0.05) is 44.4 Å². The molecule has 0 aromatic heterocycles.